The Morgan fingerprint density at radius 3 is 2.26 bits per heavy atom. The van der Waals surface area contributed by atoms with E-state index >= 15 is 0 Å². The maximum Gasteiger partial charge on any atom is 0.313 e. The molecule has 10 nitrogen and oxygen atoms in total. The number of sulfonamides is 1. The molecule has 0 saturated carbocycles. The van der Waals surface area contributed by atoms with Gasteiger partial charge in [0.15, 0.2) is 0 Å². The first-order valence-electron chi connectivity index (χ1n) is 9.85. The van der Waals surface area contributed by atoms with Crippen molar-refractivity contribution in [3.05, 3.63) is 24.3 Å². The zero-order valence-electron chi connectivity index (χ0n) is 17.9. The Morgan fingerprint density at radius 1 is 1.16 bits per heavy atom. The molecule has 1 saturated heterocycles. The molecule has 0 unspecified atom stereocenters. The molecule has 2 heterocycles. The number of ketones is 1. The number of ether oxygens (including phenoxy) is 2. The Bertz CT molecular complexity index is 936. The largest absolute Gasteiger partial charge is 0.466 e. The van der Waals surface area contributed by atoms with Crippen LogP contribution in [0.25, 0.3) is 0 Å². The van der Waals surface area contributed by atoms with Gasteiger partial charge in [-0.05, 0) is 45.0 Å². The average Bonchev–Trinajstić information content (AvgIpc) is 3.07. The van der Waals surface area contributed by atoms with E-state index in [4.69, 9.17) is 4.74 Å². The van der Waals surface area contributed by atoms with E-state index in [9.17, 15) is 22.8 Å². The highest BCUT2D eigenvalue weighted by Crippen LogP contribution is 2.24. The number of amides is 1. The van der Waals surface area contributed by atoms with Crippen LogP contribution in [0.5, 0.6) is 0 Å². The lowest BCUT2D eigenvalue weighted by molar-refractivity contribution is -0.145. The molecule has 170 valence electrons. The summed E-state index contributed by atoms with van der Waals surface area (Å²) >= 11 is 0. The lowest BCUT2D eigenvalue weighted by atomic mass is 10.3. The number of nitrogens with zero attached hydrogens (tertiary/aromatic N) is 3. The summed E-state index contributed by atoms with van der Waals surface area (Å²) in [7, 11) is -3.51. The maximum atomic E-state index is 12.5. The monoisotopic (exact) mass is 453 g/mol. The molecule has 0 bridgehead atoms. The maximum absolute atomic E-state index is 12.5. The Balaban J connectivity index is 0.000000323. The fourth-order valence-corrected chi connectivity index (χ4v) is 4.28. The van der Waals surface area contributed by atoms with E-state index in [1.165, 1.54) is 28.4 Å². The van der Waals surface area contributed by atoms with Crippen molar-refractivity contribution in [3.63, 3.8) is 0 Å². The number of esters is 1. The third-order valence-electron chi connectivity index (χ3n) is 4.30. The fourth-order valence-electron chi connectivity index (χ4n) is 2.87. The Morgan fingerprint density at radius 2 is 1.77 bits per heavy atom. The van der Waals surface area contributed by atoms with Crippen LogP contribution in [0.15, 0.2) is 34.3 Å². The van der Waals surface area contributed by atoms with Gasteiger partial charge in [0, 0.05) is 18.8 Å². The molecular weight excluding hydrogens is 426 g/mol. The normalized spacial score (nSPS) is 16.9. The Hall–Kier alpha value is -2.63. The van der Waals surface area contributed by atoms with Crippen molar-refractivity contribution in [1.29, 1.82) is 0 Å². The molecular formula is C20H27N3O7S. The Labute approximate surface area is 181 Å². The average molecular weight is 454 g/mol. The van der Waals surface area contributed by atoms with Gasteiger partial charge in [-0.1, -0.05) is 0 Å². The van der Waals surface area contributed by atoms with Gasteiger partial charge in [0.25, 0.3) is 5.91 Å². The van der Waals surface area contributed by atoms with E-state index in [0.717, 1.165) is 5.71 Å². The summed E-state index contributed by atoms with van der Waals surface area (Å²) in [5.74, 6) is -0.709. The van der Waals surface area contributed by atoms with Crippen LogP contribution in [0.4, 0.5) is 5.69 Å². The summed E-state index contributed by atoms with van der Waals surface area (Å²) in [4.78, 5) is 32.6. The van der Waals surface area contributed by atoms with Crippen LogP contribution in [0.3, 0.4) is 0 Å². The highest BCUT2D eigenvalue weighted by molar-refractivity contribution is 7.89. The molecule has 31 heavy (non-hydrogen) atoms. The zero-order chi connectivity index (χ0) is 23.0. The van der Waals surface area contributed by atoms with Crippen LogP contribution in [0.2, 0.25) is 0 Å². The van der Waals surface area contributed by atoms with Gasteiger partial charge in [-0.3, -0.25) is 14.4 Å². The second kappa shape index (κ2) is 11.1. The molecule has 11 heteroatoms. The highest BCUT2D eigenvalue weighted by atomic mass is 32.2. The number of hydrogen-bond donors (Lipinski definition) is 0. The first-order chi connectivity index (χ1) is 14.6. The number of anilines is 1. The first-order valence-corrected chi connectivity index (χ1v) is 11.3. The van der Waals surface area contributed by atoms with Gasteiger partial charge in [-0.25, -0.2) is 13.4 Å². The van der Waals surface area contributed by atoms with Crippen LogP contribution < -0.4 is 5.01 Å². The summed E-state index contributed by atoms with van der Waals surface area (Å²) in [6.07, 6.45) is 0.196. The summed E-state index contributed by atoms with van der Waals surface area (Å²) in [6.45, 7) is 6.73. The number of rotatable bonds is 6. The van der Waals surface area contributed by atoms with Gasteiger partial charge in [0.05, 0.1) is 36.8 Å². The number of morpholine rings is 1. The standard InChI is InChI=1S/C14H17N3O4S.C6H10O3/c1-11-10-14(18)17(15-11)12-2-4-13(5-3-12)22(19,20)16-6-8-21-9-7-16;1-3-9-6(8)4-5(2)7/h2-5H,6-10H2,1H3;3-4H2,1-2H3. The van der Waals surface area contributed by atoms with Crippen molar-refractivity contribution in [2.75, 3.05) is 37.9 Å². The van der Waals surface area contributed by atoms with Crippen LogP contribution >= 0.6 is 0 Å². The van der Waals surface area contributed by atoms with Gasteiger partial charge >= 0.3 is 5.97 Å². The summed E-state index contributed by atoms with van der Waals surface area (Å²) in [5, 5.41) is 5.45. The van der Waals surface area contributed by atoms with Crippen LogP contribution in [-0.2, 0) is 33.9 Å². The van der Waals surface area contributed by atoms with Crippen molar-refractivity contribution in [2.24, 2.45) is 5.10 Å². The highest BCUT2D eigenvalue weighted by Gasteiger charge is 2.27. The van der Waals surface area contributed by atoms with Crippen LogP contribution in [0.1, 0.15) is 33.6 Å². The van der Waals surface area contributed by atoms with Crippen molar-refractivity contribution in [1.82, 2.24) is 4.31 Å². The van der Waals surface area contributed by atoms with Crippen LogP contribution in [0, 0.1) is 0 Å². The van der Waals surface area contributed by atoms with Gasteiger partial charge in [0.1, 0.15) is 12.2 Å². The molecule has 1 fully saturated rings. The van der Waals surface area contributed by atoms with E-state index in [0.29, 0.717) is 45.0 Å². The van der Waals surface area contributed by atoms with E-state index in [-0.39, 0.29) is 23.0 Å². The Kier molecular flexibility index (Phi) is 8.84. The van der Waals surface area contributed by atoms with E-state index < -0.39 is 16.0 Å². The minimum absolute atomic E-state index is 0.103. The lowest BCUT2D eigenvalue weighted by Gasteiger charge is -2.26. The third kappa shape index (κ3) is 6.94. The second-order valence-corrected chi connectivity index (χ2v) is 8.85. The van der Waals surface area contributed by atoms with Crippen molar-refractivity contribution >= 4 is 39.1 Å². The van der Waals surface area contributed by atoms with Gasteiger partial charge in [-0.15, -0.1) is 0 Å². The fraction of sp³-hybridized carbons (Fsp3) is 0.500. The molecule has 0 aromatic heterocycles. The minimum atomic E-state index is -3.51. The number of carbonyl (C=O) groups is 3. The van der Waals surface area contributed by atoms with E-state index in [1.54, 1.807) is 26.0 Å². The number of hydrogen-bond acceptors (Lipinski definition) is 8. The molecule has 1 amide bonds. The second-order valence-electron chi connectivity index (χ2n) is 6.91. The first kappa shape index (κ1) is 24.6. The summed E-state index contributed by atoms with van der Waals surface area (Å²) in [5.41, 5.74) is 1.32. The smallest absolute Gasteiger partial charge is 0.313 e. The molecule has 0 atom stereocenters. The molecule has 0 radical (unpaired) electrons. The number of carbonyl (C=O) groups excluding carboxylic acids is 3. The topological polar surface area (TPSA) is 123 Å². The van der Waals surface area contributed by atoms with Crippen molar-refractivity contribution in [2.45, 2.75) is 38.5 Å². The number of benzene rings is 1. The molecule has 3 rings (SSSR count). The zero-order valence-corrected chi connectivity index (χ0v) is 18.7. The molecule has 1 aromatic rings. The predicted molar refractivity (Wildman–Crippen MR) is 113 cm³/mol. The minimum Gasteiger partial charge on any atom is -0.466 e. The number of hydrazone groups is 1. The summed E-state index contributed by atoms with van der Waals surface area (Å²) in [6, 6.07) is 6.23. The SMILES string of the molecule is CC1=NN(c2ccc(S(=O)(=O)N3CCOCC3)cc2)C(=O)C1.CCOC(=O)CC(C)=O. The lowest BCUT2D eigenvalue weighted by Crippen LogP contribution is -2.40. The molecule has 1 aromatic carbocycles. The van der Waals surface area contributed by atoms with Crippen LogP contribution in [-0.4, -0.2) is 69.0 Å². The van der Waals surface area contributed by atoms with Crippen molar-refractivity contribution < 1.29 is 32.3 Å². The van der Waals surface area contributed by atoms with Gasteiger partial charge < -0.3 is 9.47 Å². The molecule has 0 spiro atoms. The molecule has 2 aliphatic heterocycles. The van der Waals surface area contributed by atoms with Gasteiger partial charge in [-0.2, -0.15) is 9.41 Å². The van der Waals surface area contributed by atoms with Crippen molar-refractivity contribution in [3.8, 4) is 0 Å². The van der Waals surface area contributed by atoms with E-state index in [1.807, 2.05) is 0 Å². The molecule has 0 aliphatic carbocycles. The summed E-state index contributed by atoms with van der Waals surface area (Å²) < 4.78 is 36.1. The van der Waals surface area contributed by atoms with E-state index in [2.05, 4.69) is 9.84 Å². The third-order valence-corrected chi connectivity index (χ3v) is 6.21. The molecule has 0 N–H and O–H groups in total. The predicted octanol–water partition coefficient (Wildman–Crippen LogP) is 1.35. The number of Topliss-reactive ketones (excluding diaryl/α,β-unsaturated/α-hetero) is 1. The molecule has 2 aliphatic rings. The van der Waals surface area contributed by atoms with Gasteiger partial charge in [0.2, 0.25) is 10.0 Å². The quantitative estimate of drug-likeness (QED) is 0.470.